The summed E-state index contributed by atoms with van der Waals surface area (Å²) in [4.78, 5) is 0. The number of hydrogen-bond acceptors (Lipinski definition) is 1. The van der Waals surface area contributed by atoms with Crippen molar-refractivity contribution >= 4 is 13.3 Å². The first-order valence-electron chi connectivity index (χ1n) is 7.46. The third-order valence-corrected chi connectivity index (χ3v) is 7.76. The number of unbranched alkanes of at least 4 members (excludes halogenated alkanes) is 1. The van der Waals surface area contributed by atoms with E-state index in [-0.39, 0.29) is 6.61 Å². The largest absolute Gasteiger partial charge is 0.392 e. The normalized spacial score (nSPS) is 12.8. The Hall–Kier alpha value is -0.863. The Morgan fingerprint density at radius 2 is 1.84 bits per heavy atom. The van der Waals surface area contributed by atoms with E-state index in [2.05, 4.69) is 51.2 Å². The molecule has 106 valence electrons. The van der Waals surface area contributed by atoms with Gasteiger partial charge in [0.15, 0.2) is 0 Å². The van der Waals surface area contributed by atoms with Crippen molar-refractivity contribution < 1.29 is 5.11 Å². The standard InChI is InChI=1S/C17H28OSi/c1-5-7-12-16(10-6-2)19(3,4)17-13-9-8-11-15(17)14-18/h8-9,11-13,18H,5-7,10,14H2,1-4H3/b16-12+. The molecule has 2 heteroatoms. The molecule has 1 nitrogen and oxygen atoms in total. The summed E-state index contributed by atoms with van der Waals surface area (Å²) in [6.45, 7) is 9.47. The van der Waals surface area contributed by atoms with Crippen LogP contribution in [0.4, 0.5) is 0 Å². The van der Waals surface area contributed by atoms with E-state index in [4.69, 9.17) is 0 Å². The van der Waals surface area contributed by atoms with E-state index in [1.54, 1.807) is 5.20 Å². The maximum absolute atomic E-state index is 9.57. The summed E-state index contributed by atoms with van der Waals surface area (Å²) in [6.07, 6.45) is 7.24. The van der Waals surface area contributed by atoms with Crippen molar-refractivity contribution in [3.8, 4) is 0 Å². The van der Waals surface area contributed by atoms with Gasteiger partial charge in [-0.15, -0.1) is 0 Å². The molecule has 0 aliphatic rings. The van der Waals surface area contributed by atoms with Gasteiger partial charge >= 0.3 is 0 Å². The molecule has 1 N–H and O–H groups in total. The van der Waals surface area contributed by atoms with Crippen molar-refractivity contribution in [3.05, 3.63) is 41.1 Å². The first kappa shape index (κ1) is 16.2. The number of aliphatic hydroxyl groups excluding tert-OH is 1. The lowest BCUT2D eigenvalue weighted by Gasteiger charge is -2.29. The average molecular weight is 276 g/mol. The van der Waals surface area contributed by atoms with Crippen LogP contribution in [0.1, 0.15) is 45.1 Å². The summed E-state index contributed by atoms with van der Waals surface area (Å²) in [5.74, 6) is 0. The molecule has 1 rings (SSSR count). The molecule has 1 aromatic carbocycles. The minimum Gasteiger partial charge on any atom is -0.392 e. The lowest BCUT2D eigenvalue weighted by atomic mass is 10.2. The first-order chi connectivity index (χ1) is 9.07. The van der Waals surface area contributed by atoms with Crippen molar-refractivity contribution in [2.45, 2.75) is 59.2 Å². The molecule has 0 aliphatic carbocycles. The van der Waals surface area contributed by atoms with Crippen LogP contribution in [0.3, 0.4) is 0 Å². The Balaban J connectivity index is 3.17. The van der Waals surface area contributed by atoms with Crippen LogP contribution in [-0.2, 0) is 6.61 Å². The van der Waals surface area contributed by atoms with Crippen LogP contribution in [0, 0.1) is 0 Å². The topological polar surface area (TPSA) is 20.2 Å². The molecule has 19 heavy (non-hydrogen) atoms. The van der Waals surface area contributed by atoms with E-state index < -0.39 is 8.07 Å². The smallest absolute Gasteiger partial charge is 0.107 e. The maximum atomic E-state index is 9.57. The van der Waals surface area contributed by atoms with E-state index in [9.17, 15) is 5.11 Å². The van der Waals surface area contributed by atoms with Gasteiger partial charge in [0, 0.05) is 0 Å². The van der Waals surface area contributed by atoms with E-state index in [0.29, 0.717) is 0 Å². The molecule has 0 atom stereocenters. The van der Waals surface area contributed by atoms with Gasteiger partial charge in [-0.05, 0) is 23.6 Å². The maximum Gasteiger partial charge on any atom is 0.107 e. The van der Waals surface area contributed by atoms with Crippen LogP contribution >= 0.6 is 0 Å². The van der Waals surface area contributed by atoms with Crippen LogP contribution in [0.5, 0.6) is 0 Å². The molecule has 0 aliphatic heterocycles. The van der Waals surface area contributed by atoms with Gasteiger partial charge in [0.25, 0.3) is 0 Å². The van der Waals surface area contributed by atoms with Gasteiger partial charge < -0.3 is 5.11 Å². The molecule has 0 unspecified atom stereocenters. The van der Waals surface area contributed by atoms with E-state index in [1.807, 2.05) is 6.07 Å². The second kappa shape index (κ2) is 7.66. The van der Waals surface area contributed by atoms with Crippen LogP contribution < -0.4 is 5.19 Å². The zero-order valence-electron chi connectivity index (χ0n) is 12.9. The Labute approximate surface area is 119 Å². The predicted octanol–water partition coefficient (Wildman–Crippen LogP) is 4.16. The van der Waals surface area contributed by atoms with Crippen molar-refractivity contribution in [1.82, 2.24) is 0 Å². The van der Waals surface area contributed by atoms with Gasteiger partial charge in [0.1, 0.15) is 8.07 Å². The fraction of sp³-hybridized carbons (Fsp3) is 0.529. The summed E-state index contributed by atoms with van der Waals surface area (Å²) in [7, 11) is -1.63. The van der Waals surface area contributed by atoms with Crippen molar-refractivity contribution in [2.24, 2.45) is 0 Å². The second-order valence-electron chi connectivity index (χ2n) is 5.71. The highest BCUT2D eigenvalue weighted by atomic mass is 28.3. The highest BCUT2D eigenvalue weighted by molar-refractivity contribution is 6.96. The van der Waals surface area contributed by atoms with Crippen LogP contribution in [0.2, 0.25) is 13.1 Å². The number of hydrogen-bond donors (Lipinski definition) is 1. The summed E-state index contributed by atoms with van der Waals surface area (Å²) in [5.41, 5.74) is 1.11. The number of rotatable bonds is 7. The average Bonchev–Trinajstić information content (AvgIpc) is 2.43. The molecule has 0 amide bonds. The first-order valence-corrected chi connectivity index (χ1v) is 10.5. The van der Waals surface area contributed by atoms with Gasteiger partial charge in [-0.1, -0.05) is 75.3 Å². The molecule has 0 aromatic heterocycles. The summed E-state index contributed by atoms with van der Waals surface area (Å²) in [6, 6.07) is 8.40. The molecule has 0 saturated carbocycles. The van der Waals surface area contributed by atoms with Crippen molar-refractivity contribution in [2.75, 3.05) is 0 Å². The van der Waals surface area contributed by atoms with Gasteiger partial charge in [0.05, 0.1) is 6.61 Å². The molecular weight excluding hydrogens is 248 g/mol. The highest BCUT2D eigenvalue weighted by Gasteiger charge is 2.29. The molecule has 1 aromatic rings. The third kappa shape index (κ3) is 4.05. The lowest BCUT2D eigenvalue weighted by molar-refractivity contribution is 0.283. The number of aliphatic hydroxyl groups is 1. The van der Waals surface area contributed by atoms with Crippen molar-refractivity contribution in [1.29, 1.82) is 0 Å². The van der Waals surface area contributed by atoms with E-state index in [0.717, 1.165) is 5.56 Å². The molecule has 0 saturated heterocycles. The Morgan fingerprint density at radius 3 is 2.42 bits per heavy atom. The molecule has 0 bridgehead atoms. The van der Waals surface area contributed by atoms with Gasteiger partial charge in [-0.25, -0.2) is 0 Å². The SMILES string of the molecule is CCC/C=C(\CCC)[Si](C)(C)c1ccccc1CO. The zero-order chi connectivity index (χ0) is 14.3. The predicted molar refractivity (Wildman–Crippen MR) is 87.4 cm³/mol. The van der Waals surface area contributed by atoms with Crippen LogP contribution in [0.15, 0.2) is 35.5 Å². The summed E-state index contributed by atoms with van der Waals surface area (Å²) >= 11 is 0. The van der Waals surface area contributed by atoms with Crippen LogP contribution in [-0.4, -0.2) is 13.2 Å². The van der Waals surface area contributed by atoms with Crippen molar-refractivity contribution in [3.63, 3.8) is 0 Å². The quantitative estimate of drug-likeness (QED) is 0.741. The van der Waals surface area contributed by atoms with Gasteiger partial charge in [-0.3, -0.25) is 0 Å². The monoisotopic (exact) mass is 276 g/mol. The Kier molecular flexibility index (Phi) is 6.53. The number of allylic oxidation sites excluding steroid dienone is 2. The van der Waals surface area contributed by atoms with Gasteiger partial charge in [0.2, 0.25) is 0 Å². The minimum absolute atomic E-state index is 0.153. The molecule has 0 heterocycles. The molecule has 0 spiro atoms. The highest BCUT2D eigenvalue weighted by Crippen LogP contribution is 2.22. The molecular formula is C17H28OSi. The third-order valence-electron chi connectivity index (χ3n) is 3.86. The molecule has 0 radical (unpaired) electrons. The second-order valence-corrected chi connectivity index (χ2v) is 10.1. The Bertz CT molecular complexity index is 421. The molecule has 0 fully saturated rings. The van der Waals surface area contributed by atoms with E-state index >= 15 is 0 Å². The summed E-state index contributed by atoms with van der Waals surface area (Å²) < 4.78 is 0. The lowest BCUT2D eigenvalue weighted by Crippen LogP contribution is -2.45. The number of benzene rings is 1. The zero-order valence-corrected chi connectivity index (χ0v) is 13.9. The van der Waals surface area contributed by atoms with E-state index in [1.165, 1.54) is 30.9 Å². The fourth-order valence-corrected chi connectivity index (χ4v) is 6.05. The summed E-state index contributed by atoms with van der Waals surface area (Å²) in [5, 5.41) is 12.6. The Morgan fingerprint density at radius 1 is 1.16 bits per heavy atom. The minimum atomic E-state index is -1.63. The van der Waals surface area contributed by atoms with Gasteiger partial charge in [-0.2, -0.15) is 0 Å². The van der Waals surface area contributed by atoms with Crippen LogP contribution in [0.25, 0.3) is 0 Å². The fourth-order valence-electron chi connectivity index (χ4n) is 2.70.